The van der Waals surface area contributed by atoms with Crippen LogP contribution in [0.1, 0.15) is 26.5 Å². The van der Waals surface area contributed by atoms with Gasteiger partial charge in [-0.05, 0) is 26.8 Å². The zero-order valence-electron chi connectivity index (χ0n) is 10.3. The quantitative estimate of drug-likeness (QED) is 0.833. The van der Waals surface area contributed by atoms with Crippen molar-refractivity contribution in [2.45, 2.75) is 32.9 Å². The molecule has 0 atom stereocenters. The normalized spacial score (nSPS) is 12.1. The van der Waals surface area contributed by atoms with Crippen molar-refractivity contribution in [1.29, 1.82) is 0 Å². The molecule has 1 rings (SSSR count). The predicted octanol–water partition coefficient (Wildman–Crippen LogP) is 1.11. The van der Waals surface area contributed by atoms with Crippen LogP contribution in [0.3, 0.4) is 0 Å². The molecule has 1 aromatic heterocycles. The summed E-state index contributed by atoms with van der Waals surface area (Å²) in [6.45, 7) is 6.64. The van der Waals surface area contributed by atoms with Crippen LogP contribution in [0.5, 0.6) is 0 Å². The molecule has 0 spiro atoms. The van der Waals surface area contributed by atoms with Gasteiger partial charge in [-0.2, -0.15) is 5.10 Å². The van der Waals surface area contributed by atoms with Crippen molar-refractivity contribution in [3.05, 3.63) is 18.0 Å². The molecule has 16 heavy (non-hydrogen) atoms. The molecule has 0 aliphatic heterocycles. The van der Waals surface area contributed by atoms with Crippen molar-refractivity contribution in [2.75, 3.05) is 6.54 Å². The van der Waals surface area contributed by atoms with E-state index in [1.165, 1.54) is 0 Å². The monoisotopic (exact) mass is 225 g/mol. The van der Waals surface area contributed by atoms with Crippen LogP contribution in [0.25, 0.3) is 0 Å². The second-order valence-electron chi connectivity index (χ2n) is 4.87. The molecule has 0 fully saturated rings. The van der Waals surface area contributed by atoms with Gasteiger partial charge in [0, 0.05) is 25.3 Å². The Morgan fingerprint density at radius 2 is 2.19 bits per heavy atom. The van der Waals surface area contributed by atoms with Crippen LogP contribution in [0.2, 0.25) is 0 Å². The zero-order chi connectivity index (χ0) is 12.3. The summed E-state index contributed by atoms with van der Waals surface area (Å²) in [7, 11) is 1.86. The van der Waals surface area contributed by atoms with E-state index in [-0.39, 0.29) is 12.1 Å². The zero-order valence-corrected chi connectivity index (χ0v) is 10.3. The van der Waals surface area contributed by atoms with E-state index >= 15 is 0 Å². The van der Waals surface area contributed by atoms with Gasteiger partial charge in [-0.25, -0.2) is 0 Å². The van der Waals surface area contributed by atoms with E-state index in [4.69, 9.17) is 5.11 Å². The largest absolute Gasteiger partial charge is 0.480 e. The highest BCUT2D eigenvalue weighted by atomic mass is 16.4. The molecule has 0 aliphatic rings. The molecular weight excluding hydrogens is 206 g/mol. The van der Waals surface area contributed by atoms with E-state index in [1.54, 1.807) is 10.9 Å². The van der Waals surface area contributed by atoms with Gasteiger partial charge in [0.1, 0.15) is 0 Å². The van der Waals surface area contributed by atoms with Crippen LogP contribution >= 0.6 is 0 Å². The SMILES string of the molecule is Cn1nccc1CN(CC(=O)O)C(C)(C)C. The van der Waals surface area contributed by atoms with E-state index in [2.05, 4.69) is 5.10 Å². The minimum atomic E-state index is -0.808. The molecule has 0 radical (unpaired) electrons. The molecule has 1 N–H and O–H groups in total. The second kappa shape index (κ2) is 4.65. The molecule has 0 unspecified atom stereocenters. The number of aromatic nitrogens is 2. The Morgan fingerprint density at radius 3 is 2.56 bits per heavy atom. The maximum Gasteiger partial charge on any atom is 0.317 e. The number of rotatable bonds is 4. The fourth-order valence-corrected chi connectivity index (χ4v) is 1.45. The third kappa shape index (κ3) is 3.34. The van der Waals surface area contributed by atoms with Crippen molar-refractivity contribution >= 4 is 5.97 Å². The van der Waals surface area contributed by atoms with Gasteiger partial charge in [0.05, 0.1) is 12.2 Å². The Kier molecular flexibility index (Phi) is 3.70. The molecular formula is C11H19N3O2. The van der Waals surface area contributed by atoms with Gasteiger partial charge in [-0.15, -0.1) is 0 Å². The van der Waals surface area contributed by atoms with Crippen LogP contribution < -0.4 is 0 Å². The van der Waals surface area contributed by atoms with Crippen molar-refractivity contribution in [3.63, 3.8) is 0 Å². The summed E-state index contributed by atoms with van der Waals surface area (Å²) in [6.07, 6.45) is 1.72. The van der Waals surface area contributed by atoms with Gasteiger partial charge in [-0.3, -0.25) is 14.4 Å². The lowest BCUT2D eigenvalue weighted by Gasteiger charge is -2.34. The molecule has 0 aromatic carbocycles. The number of nitrogens with zero attached hydrogens (tertiary/aromatic N) is 3. The Balaban J connectivity index is 2.79. The smallest absolute Gasteiger partial charge is 0.317 e. The predicted molar refractivity (Wildman–Crippen MR) is 61.0 cm³/mol. The molecule has 1 heterocycles. The van der Waals surface area contributed by atoms with Crippen LogP contribution in [0.4, 0.5) is 0 Å². The van der Waals surface area contributed by atoms with Gasteiger partial charge in [0.25, 0.3) is 0 Å². The van der Waals surface area contributed by atoms with Crippen molar-refractivity contribution in [3.8, 4) is 0 Å². The third-order valence-electron chi connectivity index (χ3n) is 2.55. The molecule has 0 saturated heterocycles. The molecule has 0 saturated carbocycles. The van der Waals surface area contributed by atoms with Crippen molar-refractivity contribution in [1.82, 2.24) is 14.7 Å². The van der Waals surface area contributed by atoms with Crippen LogP contribution in [-0.4, -0.2) is 37.8 Å². The van der Waals surface area contributed by atoms with Gasteiger partial charge >= 0.3 is 5.97 Å². The van der Waals surface area contributed by atoms with Crippen molar-refractivity contribution < 1.29 is 9.90 Å². The first kappa shape index (κ1) is 12.7. The van der Waals surface area contributed by atoms with Gasteiger partial charge in [0.2, 0.25) is 0 Å². The average Bonchev–Trinajstić information content (AvgIpc) is 2.48. The molecule has 0 aliphatic carbocycles. The summed E-state index contributed by atoms with van der Waals surface area (Å²) in [6, 6.07) is 1.90. The Hall–Kier alpha value is -1.36. The van der Waals surface area contributed by atoms with Gasteiger partial charge in [-0.1, -0.05) is 0 Å². The summed E-state index contributed by atoms with van der Waals surface area (Å²) in [5.41, 5.74) is 0.832. The molecule has 5 heteroatoms. The van der Waals surface area contributed by atoms with Crippen LogP contribution in [-0.2, 0) is 18.4 Å². The highest BCUT2D eigenvalue weighted by Gasteiger charge is 2.24. The Labute approximate surface area is 95.7 Å². The van der Waals surface area contributed by atoms with Gasteiger partial charge in [0.15, 0.2) is 0 Å². The maximum atomic E-state index is 10.8. The van der Waals surface area contributed by atoms with Crippen LogP contribution in [0.15, 0.2) is 12.3 Å². The first-order valence-electron chi connectivity index (χ1n) is 5.24. The fourth-order valence-electron chi connectivity index (χ4n) is 1.45. The molecule has 0 amide bonds. The standard InChI is InChI=1S/C11H19N3O2/c1-11(2,3)14(8-10(15)16)7-9-5-6-12-13(9)4/h5-6H,7-8H2,1-4H3,(H,15,16). The second-order valence-corrected chi connectivity index (χ2v) is 4.87. The highest BCUT2D eigenvalue weighted by molar-refractivity contribution is 5.69. The van der Waals surface area contributed by atoms with Gasteiger partial charge < -0.3 is 5.11 Å². The molecule has 90 valence electrons. The number of carboxylic acid groups (broad SMARTS) is 1. The number of carbonyl (C=O) groups is 1. The van der Waals surface area contributed by atoms with E-state index in [1.807, 2.05) is 38.8 Å². The number of aryl methyl sites for hydroxylation is 1. The van der Waals surface area contributed by atoms with E-state index in [0.717, 1.165) is 5.69 Å². The first-order valence-corrected chi connectivity index (χ1v) is 5.24. The summed E-state index contributed by atoms with van der Waals surface area (Å²) < 4.78 is 1.76. The lowest BCUT2D eigenvalue weighted by Crippen LogP contribution is -2.44. The van der Waals surface area contributed by atoms with Crippen molar-refractivity contribution in [2.24, 2.45) is 7.05 Å². The van der Waals surface area contributed by atoms with E-state index in [9.17, 15) is 4.79 Å². The summed E-state index contributed by atoms with van der Waals surface area (Å²) in [4.78, 5) is 12.7. The summed E-state index contributed by atoms with van der Waals surface area (Å²) >= 11 is 0. The number of hydrogen-bond donors (Lipinski definition) is 1. The summed E-state index contributed by atoms with van der Waals surface area (Å²) in [5.74, 6) is -0.808. The number of carboxylic acids is 1. The molecule has 0 bridgehead atoms. The summed E-state index contributed by atoms with van der Waals surface area (Å²) in [5, 5.41) is 13.0. The fraction of sp³-hybridized carbons (Fsp3) is 0.636. The highest BCUT2D eigenvalue weighted by Crippen LogP contribution is 2.16. The number of hydrogen-bond acceptors (Lipinski definition) is 3. The Morgan fingerprint density at radius 1 is 1.56 bits per heavy atom. The van der Waals surface area contributed by atoms with Crippen LogP contribution in [0, 0.1) is 0 Å². The first-order chi connectivity index (χ1) is 7.30. The average molecular weight is 225 g/mol. The minimum Gasteiger partial charge on any atom is -0.480 e. The minimum absolute atomic E-state index is 0.0364. The number of aliphatic carboxylic acids is 1. The third-order valence-corrected chi connectivity index (χ3v) is 2.55. The molecule has 1 aromatic rings. The lowest BCUT2D eigenvalue weighted by molar-refractivity contribution is -0.140. The van der Waals surface area contributed by atoms with E-state index < -0.39 is 5.97 Å². The molecule has 5 nitrogen and oxygen atoms in total. The maximum absolute atomic E-state index is 10.8. The Bertz CT molecular complexity index is 366. The topological polar surface area (TPSA) is 58.4 Å². The lowest BCUT2D eigenvalue weighted by atomic mass is 10.1. The van der Waals surface area contributed by atoms with E-state index in [0.29, 0.717) is 6.54 Å².